The van der Waals surface area contributed by atoms with E-state index in [-0.39, 0.29) is 18.7 Å². The maximum atomic E-state index is 13.0. The zero-order valence-electron chi connectivity index (χ0n) is 16.0. The smallest absolute Gasteiger partial charge is 0.332 e. The molecule has 0 saturated heterocycles. The fraction of sp³-hybridized carbons (Fsp3) is 0.529. The van der Waals surface area contributed by atoms with E-state index in [1.807, 2.05) is 27.7 Å². The highest BCUT2D eigenvalue weighted by Crippen LogP contribution is 2.19. The molecule has 3 heterocycles. The summed E-state index contributed by atoms with van der Waals surface area (Å²) in [6, 6.07) is 0. The topological polar surface area (TPSA) is 88.9 Å². The summed E-state index contributed by atoms with van der Waals surface area (Å²) in [6.45, 7) is 8.84. The molecule has 0 fully saturated rings. The van der Waals surface area contributed by atoms with Gasteiger partial charge in [-0.15, -0.1) is 0 Å². The fourth-order valence-corrected chi connectivity index (χ4v) is 3.12. The average molecular weight is 360 g/mol. The molecule has 0 bridgehead atoms. The Morgan fingerprint density at radius 3 is 2.35 bits per heavy atom. The van der Waals surface area contributed by atoms with Gasteiger partial charge in [0.05, 0.1) is 18.8 Å². The van der Waals surface area contributed by atoms with E-state index in [1.54, 1.807) is 16.3 Å². The number of ether oxygens (including phenoxy) is 1. The van der Waals surface area contributed by atoms with Gasteiger partial charge < -0.3 is 9.30 Å². The number of hydrogen-bond acceptors (Lipinski definition) is 5. The second kappa shape index (κ2) is 6.56. The van der Waals surface area contributed by atoms with Crippen molar-refractivity contribution in [3.05, 3.63) is 37.8 Å². The predicted molar refractivity (Wildman–Crippen MR) is 98.1 cm³/mol. The van der Waals surface area contributed by atoms with Gasteiger partial charge in [0, 0.05) is 26.4 Å². The lowest BCUT2D eigenvalue weighted by Gasteiger charge is -2.09. The summed E-state index contributed by atoms with van der Waals surface area (Å²) < 4.78 is 11.2. The molecular formula is C17H24N6O3. The molecule has 0 atom stereocenters. The van der Waals surface area contributed by atoms with E-state index in [4.69, 9.17) is 4.74 Å². The molecule has 0 aliphatic rings. The molecule has 0 spiro atoms. The van der Waals surface area contributed by atoms with Crippen molar-refractivity contribution >= 4 is 11.2 Å². The Morgan fingerprint density at radius 1 is 1.12 bits per heavy atom. The maximum absolute atomic E-state index is 13.0. The molecule has 0 saturated carbocycles. The number of aryl methyl sites for hydroxylation is 3. The van der Waals surface area contributed by atoms with Crippen LogP contribution in [0.1, 0.15) is 23.9 Å². The van der Waals surface area contributed by atoms with Crippen LogP contribution in [0, 0.1) is 20.8 Å². The zero-order valence-corrected chi connectivity index (χ0v) is 16.0. The molecule has 3 aromatic heterocycles. The number of aromatic nitrogens is 6. The molecule has 0 amide bonds. The van der Waals surface area contributed by atoms with Gasteiger partial charge in [0.1, 0.15) is 0 Å². The van der Waals surface area contributed by atoms with Gasteiger partial charge in [-0.1, -0.05) is 0 Å². The molecule has 9 nitrogen and oxygen atoms in total. The summed E-state index contributed by atoms with van der Waals surface area (Å²) in [4.78, 5) is 30.2. The molecule has 140 valence electrons. The van der Waals surface area contributed by atoms with Gasteiger partial charge >= 0.3 is 5.69 Å². The van der Waals surface area contributed by atoms with Crippen LogP contribution in [0.4, 0.5) is 0 Å². The van der Waals surface area contributed by atoms with Crippen molar-refractivity contribution in [2.24, 2.45) is 7.05 Å². The second-order valence-electron chi connectivity index (χ2n) is 6.33. The van der Waals surface area contributed by atoms with Crippen molar-refractivity contribution < 1.29 is 4.74 Å². The highest BCUT2D eigenvalue weighted by atomic mass is 16.5. The molecule has 3 aromatic rings. The van der Waals surface area contributed by atoms with Crippen molar-refractivity contribution in [1.82, 2.24) is 28.5 Å². The normalized spacial score (nSPS) is 11.6. The number of methoxy groups -OCH3 is 1. The van der Waals surface area contributed by atoms with Gasteiger partial charge in [0.25, 0.3) is 5.56 Å². The second-order valence-corrected chi connectivity index (χ2v) is 6.33. The lowest BCUT2D eigenvalue weighted by atomic mass is 10.2. The van der Waals surface area contributed by atoms with Gasteiger partial charge in [0.2, 0.25) is 5.95 Å². The molecule has 0 radical (unpaired) electrons. The monoisotopic (exact) mass is 360 g/mol. The number of hydrogen-bond donors (Lipinski definition) is 0. The van der Waals surface area contributed by atoms with Crippen LogP contribution in [0.15, 0.2) is 9.59 Å². The minimum atomic E-state index is -0.406. The number of fused-ring (bicyclic) bond motifs is 1. The average Bonchev–Trinajstić information content (AvgIpc) is 3.13. The van der Waals surface area contributed by atoms with Crippen LogP contribution in [-0.4, -0.2) is 42.2 Å². The van der Waals surface area contributed by atoms with E-state index in [1.165, 1.54) is 16.2 Å². The van der Waals surface area contributed by atoms with E-state index in [0.29, 0.717) is 23.7 Å². The minimum absolute atomic E-state index is 0.196. The fourth-order valence-electron chi connectivity index (χ4n) is 3.12. The zero-order chi connectivity index (χ0) is 19.2. The van der Waals surface area contributed by atoms with Crippen molar-refractivity contribution in [1.29, 1.82) is 0 Å². The molecular weight excluding hydrogens is 336 g/mol. The van der Waals surface area contributed by atoms with E-state index >= 15 is 0 Å². The first-order valence-corrected chi connectivity index (χ1v) is 8.55. The molecule has 0 aliphatic carbocycles. The first-order valence-electron chi connectivity index (χ1n) is 8.55. The highest BCUT2D eigenvalue weighted by molar-refractivity contribution is 5.72. The Kier molecular flexibility index (Phi) is 4.57. The van der Waals surface area contributed by atoms with E-state index in [0.717, 1.165) is 17.0 Å². The third kappa shape index (κ3) is 2.50. The SMILES string of the molecule is CCn1c(-n2nc(C)c(C)c2C)nc2c1c(=O)n(CCOC)c(=O)n2C. The molecule has 0 unspecified atom stereocenters. The largest absolute Gasteiger partial charge is 0.383 e. The van der Waals surface area contributed by atoms with Gasteiger partial charge in [-0.2, -0.15) is 10.1 Å². The molecule has 9 heteroatoms. The van der Waals surface area contributed by atoms with Crippen LogP contribution in [0.5, 0.6) is 0 Å². The third-order valence-electron chi connectivity index (χ3n) is 4.89. The molecule has 0 N–H and O–H groups in total. The first-order chi connectivity index (χ1) is 12.3. The standard InChI is InChI=1S/C17H24N6O3/c1-7-21-13-14(18-16(21)23-12(4)10(2)11(3)19-23)20(5)17(25)22(15(13)24)8-9-26-6/h7-9H2,1-6H3. The minimum Gasteiger partial charge on any atom is -0.383 e. The molecule has 26 heavy (non-hydrogen) atoms. The first kappa shape index (κ1) is 18.1. The third-order valence-corrected chi connectivity index (χ3v) is 4.89. The summed E-state index contributed by atoms with van der Waals surface area (Å²) in [5.74, 6) is 0.535. The Morgan fingerprint density at radius 2 is 1.81 bits per heavy atom. The van der Waals surface area contributed by atoms with Crippen LogP contribution in [0.25, 0.3) is 17.1 Å². The highest BCUT2D eigenvalue weighted by Gasteiger charge is 2.22. The number of imidazole rings is 1. The van der Waals surface area contributed by atoms with E-state index < -0.39 is 5.69 Å². The predicted octanol–water partition coefficient (Wildman–Crippen LogP) is 0.674. The van der Waals surface area contributed by atoms with Gasteiger partial charge in [-0.05, 0) is 33.3 Å². The summed E-state index contributed by atoms with van der Waals surface area (Å²) in [5, 5.41) is 4.55. The van der Waals surface area contributed by atoms with E-state index in [9.17, 15) is 9.59 Å². The van der Waals surface area contributed by atoms with Gasteiger partial charge in [-0.3, -0.25) is 13.9 Å². The van der Waals surface area contributed by atoms with E-state index in [2.05, 4.69) is 10.1 Å². The van der Waals surface area contributed by atoms with Crippen LogP contribution < -0.4 is 11.2 Å². The Balaban J connectivity index is 2.40. The molecule has 0 aliphatic heterocycles. The lowest BCUT2D eigenvalue weighted by Crippen LogP contribution is -2.40. The van der Waals surface area contributed by atoms with Crippen molar-refractivity contribution in [2.45, 2.75) is 40.8 Å². The maximum Gasteiger partial charge on any atom is 0.332 e. The van der Waals surface area contributed by atoms with Crippen molar-refractivity contribution in [3.63, 3.8) is 0 Å². The van der Waals surface area contributed by atoms with Crippen molar-refractivity contribution in [2.75, 3.05) is 13.7 Å². The number of rotatable bonds is 5. The Bertz CT molecular complexity index is 1100. The van der Waals surface area contributed by atoms with Gasteiger partial charge in [-0.25, -0.2) is 9.48 Å². The molecule has 0 aromatic carbocycles. The van der Waals surface area contributed by atoms with Crippen LogP contribution >= 0.6 is 0 Å². The summed E-state index contributed by atoms with van der Waals surface area (Å²) in [6.07, 6.45) is 0. The van der Waals surface area contributed by atoms with Gasteiger partial charge in [0.15, 0.2) is 11.2 Å². The Hall–Kier alpha value is -2.68. The Labute approximate surface area is 150 Å². The number of nitrogens with zero attached hydrogens (tertiary/aromatic N) is 6. The van der Waals surface area contributed by atoms with Crippen LogP contribution in [-0.2, 0) is 24.9 Å². The molecule has 3 rings (SSSR count). The quantitative estimate of drug-likeness (QED) is 0.667. The van der Waals surface area contributed by atoms with Crippen LogP contribution in [0.2, 0.25) is 0 Å². The summed E-state index contributed by atoms with van der Waals surface area (Å²) in [5.41, 5.74) is 2.92. The lowest BCUT2D eigenvalue weighted by molar-refractivity contribution is 0.184. The van der Waals surface area contributed by atoms with Crippen LogP contribution in [0.3, 0.4) is 0 Å². The summed E-state index contributed by atoms with van der Waals surface area (Å²) >= 11 is 0. The van der Waals surface area contributed by atoms with Crippen molar-refractivity contribution in [3.8, 4) is 5.95 Å². The summed E-state index contributed by atoms with van der Waals surface area (Å²) in [7, 11) is 3.16.